The summed E-state index contributed by atoms with van der Waals surface area (Å²) in [7, 11) is 0. The Labute approximate surface area is 111 Å². The zero-order valence-corrected chi connectivity index (χ0v) is 12.0. The number of likely N-dealkylation sites (tertiary alicyclic amines) is 1. The lowest BCUT2D eigenvalue weighted by molar-refractivity contribution is 0.0634. The van der Waals surface area contributed by atoms with Gasteiger partial charge in [0, 0.05) is 17.1 Å². The van der Waals surface area contributed by atoms with Crippen LogP contribution in [0.15, 0.2) is 22.7 Å². The van der Waals surface area contributed by atoms with Crippen molar-refractivity contribution in [3.05, 3.63) is 33.8 Å². The van der Waals surface area contributed by atoms with E-state index < -0.39 is 0 Å². The Morgan fingerprint density at radius 3 is 2.82 bits per heavy atom. The average molecular weight is 296 g/mol. The summed E-state index contributed by atoms with van der Waals surface area (Å²) in [6, 6.07) is 6.28. The van der Waals surface area contributed by atoms with E-state index in [0.29, 0.717) is 6.04 Å². The number of carbonyl (C=O) groups excluding carboxylic acids is 1. The third-order valence-corrected chi connectivity index (χ3v) is 4.07. The number of benzene rings is 1. The second-order valence-corrected chi connectivity index (χ2v) is 5.68. The highest BCUT2D eigenvalue weighted by Crippen LogP contribution is 2.24. The first-order valence-corrected chi connectivity index (χ1v) is 6.96. The van der Waals surface area contributed by atoms with Gasteiger partial charge in [0.1, 0.15) is 0 Å². The zero-order valence-electron chi connectivity index (χ0n) is 10.4. The summed E-state index contributed by atoms with van der Waals surface area (Å²) in [5.74, 6) is 0.157. The zero-order chi connectivity index (χ0) is 12.4. The molecule has 1 heterocycles. The summed E-state index contributed by atoms with van der Waals surface area (Å²) >= 11 is 3.49. The number of carbonyl (C=O) groups is 1. The van der Waals surface area contributed by atoms with E-state index in [9.17, 15) is 4.79 Å². The Morgan fingerprint density at radius 1 is 1.41 bits per heavy atom. The van der Waals surface area contributed by atoms with Crippen LogP contribution in [0.2, 0.25) is 0 Å². The maximum Gasteiger partial charge on any atom is 0.255 e. The number of hydrogen-bond acceptors (Lipinski definition) is 1. The molecule has 17 heavy (non-hydrogen) atoms. The standard InChI is InChI=1S/C14H18BrNO/c1-10-6-7-12(13(15)9-10)14(17)16-8-4-3-5-11(16)2/h6-7,9,11H,3-5,8H2,1-2H3. The van der Waals surface area contributed by atoms with Crippen molar-refractivity contribution in [2.75, 3.05) is 6.54 Å². The Balaban J connectivity index is 2.24. The summed E-state index contributed by atoms with van der Waals surface area (Å²) in [6.07, 6.45) is 3.48. The van der Waals surface area contributed by atoms with Crippen molar-refractivity contribution in [1.82, 2.24) is 4.90 Å². The minimum absolute atomic E-state index is 0.157. The van der Waals surface area contributed by atoms with Gasteiger partial charge in [0.15, 0.2) is 0 Å². The van der Waals surface area contributed by atoms with Gasteiger partial charge in [0.05, 0.1) is 5.56 Å². The van der Waals surface area contributed by atoms with Crippen molar-refractivity contribution < 1.29 is 4.79 Å². The highest BCUT2D eigenvalue weighted by molar-refractivity contribution is 9.10. The van der Waals surface area contributed by atoms with Crippen molar-refractivity contribution in [2.24, 2.45) is 0 Å². The van der Waals surface area contributed by atoms with Crippen LogP contribution < -0.4 is 0 Å². The van der Waals surface area contributed by atoms with Gasteiger partial charge in [-0.3, -0.25) is 4.79 Å². The van der Waals surface area contributed by atoms with E-state index in [-0.39, 0.29) is 5.91 Å². The van der Waals surface area contributed by atoms with E-state index in [2.05, 4.69) is 22.9 Å². The Morgan fingerprint density at radius 2 is 2.18 bits per heavy atom. The fourth-order valence-electron chi connectivity index (χ4n) is 2.35. The van der Waals surface area contributed by atoms with Gasteiger partial charge >= 0.3 is 0 Å². The molecule has 0 N–H and O–H groups in total. The molecule has 1 fully saturated rings. The molecule has 1 aliphatic rings. The molecule has 1 aliphatic heterocycles. The summed E-state index contributed by atoms with van der Waals surface area (Å²) < 4.78 is 0.903. The summed E-state index contributed by atoms with van der Waals surface area (Å²) in [5, 5.41) is 0. The lowest BCUT2D eigenvalue weighted by atomic mass is 10.0. The number of hydrogen-bond donors (Lipinski definition) is 0. The lowest BCUT2D eigenvalue weighted by Crippen LogP contribution is -2.42. The van der Waals surface area contributed by atoms with E-state index in [1.807, 2.05) is 30.0 Å². The molecule has 2 nitrogen and oxygen atoms in total. The smallest absolute Gasteiger partial charge is 0.255 e. The number of nitrogens with zero attached hydrogens (tertiary/aromatic N) is 1. The molecule has 1 aromatic rings. The van der Waals surface area contributed by atoms with E-state index in [4.69, 9.17) is 0 Å². The molecular formula is C14H18BrNO. The normalized spacial score (nSPS) is 20.4. The topological polar surface area (TPSA) is 20.3 Å². The molecule has 0 saturated carbocycles. The van der Waals surface area contributed by atoms with Crippen LogP contribution in [0.4, 0.5) is 0 Å². The first-order chi connectivity index (χ1) is 8.09. The van der Waals surface area contributed by atoms with E-state index in [1.165, 1.54) is 12.0 Å². The van der Waals surface area contributed by atoms with Crippen LogP contribution in [-0.4, -0.2) is 23.4 Å². The number of halogens is 1. The van der Waals surface area contributed by atoms with Crippen LogP contribution in [0.3, 0.4) is 0 Å². The lowest BCUT2D eigenvalue weighted by Gasteiger charge is -2.33. The van der Waals surface area contributed by atoms with Crippen molar-refractivity contribution in [1.29, 1.82) is 0 Å². The van der Waals surface area contributed by atoms with E-state index >= 15 is 0 Å². The Kier molecular flexibility index (Phi) is 3.87. The number of rotatable bonds is 1. The fraction of sp³-hybridized carbons (Fsp3) is 0.500. The second kappa shape index (κ2) is 5.21. The molecule has 1 saturated heterocycles. The summed E-state index contributed by atoms with van der Waals surface area (Å²) in [5.41, 5.74) is 1.95. The van der Waals surface area contributed by atoms with Gasteiger partial charge in [0.2, 0.25) is 0 Å². The third kappa shape index (κ3) is 2.71. The summed E-state index contributed by atoms with van der Waals surface area (Å²) in [6.45, 7) is 5.06. The van der Waals surface area contributed by atoms with Crippen molar-refractivity contribution >= 4 is 21.8 Å². The molecular weight excluding hydrogens is 278 g/mol. The van der Waals surface area contributed by atoms with Gasteiger partial charge in [-0.1, -0.05) is 6.07 Å². The van der Waals surface area contributed by atoms with Crippen LogP contribution >= 0.6 is 15.9 Å². The van der Waals surface area contributed by atoms with Crippen LogP contribution in [0.5, 0.6) is 0 Å². The predicted molar refractivity (Wildman–Crippen MR) is 73.2 cm³/mol. The van der Waals surface area contributed by atoms with Gasteiger partial charge in [-0.25, -0.2) is 0 Å². The Bertz CT molecular complexity index is 430. The van der Waals surface area contributed by atoms with Gasteiger partial charge in [-0.2, -0.15) is 0 Å². The van der Waals surface area contributed by atoms with Crippen LogP contribution in [-0.2, 0) is 0 Å². The molecule has 0 bridgehead atoms. The quantitative estimate of drug-likeness (QED) is 0.772. The molecule has 3 heteroatoms. The summed E-state index contributed by atoms with van der Waals surface area (Å²) in [4.78, 5) is 14.4. The molecule has 0 aromatic heterocycles. The molecule has 0 spiro atoms. The van der Waals surface area contributed by atoms with Crippen LogP contribution in [0, 0.1) is 6.92 Å². The maximum absolute atomic E-state index is 12.4. The van der Waals surface area contributed by atoms with Crippen LogP contribution in [0.1, 0.15) is 42.1 Å². The molecule has 2 rings (SSSR count). The molecule has 1 aromatic carbocycles. The third-order valence-electron chi connectivity index (χ3n) is 3.42. The van der Waals surface area contributed by atoms with Gasteiger partial charge in [-0.05, 0) is 66.7 Å². The fourth-order valence-corrected chi connectivity index (χ4v) is 3.01. The predicted octanol–water partition coefficient (Wildman–Crippen LogP) is 3.77. The SMILES string of the molecule is Cc1ccc(C(=O)N2CCCCC2C)c(Br)c1. The second-order valence-electron chi connectivity index (χ2n) is 4.83. The van der Waals surface area contributed by atoms with E-state index in [1.54, 1.807) is 0 Å². The first-order valence-electron chi connectivity index (χ1n) is 6.16. The number of amides is 1. The minimum Gasteiger partial charge on any atom is -0.336 e. The molecule has 1 amide bonds. The molecule has 1 unspecified atom stereocenters. The highest BCUT2D eigenvalue weighted by Gasteiger charge is 2.25. The molecule has 92 valence electrons. The minimum atomic E-state index is 0.157. The van der Waals surface area contributed by atoms with Crippen molar-refractivity contribution in [3.8, 4) is 0 Å². The monoisotopic (exact) mass is 295 g/mol. The van der Waals surface area contributed by atoms with Crippen molar-refractivity contribution in [3.63, 3.8) is 0 Å². The Hall–Kier alpha value is -0.830. The average Bonchev–Trinajstić information content (AvgIpc) is 2.29. The molecule has 0 radical (unpaired) electrons. The van der Waals surface area contributed by atoms with Gasteiger partial charge in [-0.15, -0.1) is 0 Å². The molecule has 1 atom stereocenters. The first kappa shape index (κ1) is 12.6. The number of piperidine rings is 1. The van der Waals surface area contributed by atoms with Gasteiger partial charge in [0.25, 0.3) is 5.91 Å². The highest BCUT2D eigenvalue weighted by atomic mass is 79.9. The van der Waals surface area contributed by atoms with Crippen molar-refractivity contribution in [2.45, 2.75) is 39.2 Å². The van der Waals surface area contributed by atoms with Gasteiger partial charge < -0.3 is 4.90 Å². The largest absolute Gasteiger partial charge is 0.336 e. The number of aryl methyl sites for hydroxylation is 1. The molecule has 0 aliphatic carbocycles. The maximum atomic E-state index is 12.4. The van der Waals surface area contributed by atoms with E-state index in [0.717, 1.165) is 29.4 Å². The van der Waals surface area contributed by atoms with Crippen LogP contribution in [0.25, 0.3) is 0 Å².